The Kier molecular flexibility index (Phi) is 3.85. The Bertz CT molecular complexity index is 571. The van der Waals surface area contributed by atoms with Crippen LogP contribution in [0.4, 0.5) is 18.0 Å². The van der Waals surface area contributed by atoms with Crippen molar-refractivity contribution in [3.05, 3.63) is 11.8 Å². The van der Waals surface area contributed by atoms with E-state index in [9.17, 15) is 26.4 Å². The zero-order chi connectivity index (χ0) is 15.9. The molecule has 2 rings (SSSR count). The highest BCUT2D eigenvalue weighted by atomic mass is 32.2. The molecule has 1 fully saturated rings. The van der Waals surface area contributed by atoms with Crippen LogP contribution >= 0.6 is 0 Å². The molecular formula is C11H14F3NO5S. The Labute approximate surface area is 119 Å². The van der Waals surface area contributed by atoms with E-state index in [1.54, 1.807) is 0 Å². The van der Waals surface area contributed by atoms with Gasteiger partial charge >= 0.3 is 21.7 Å². The van der Waals surface area contributed by atoms with Crippen LogP contribution in [0.15, 0.2) is 11.8 Å². The summed E-state index contributed by atoms with van der Waals surface area (Å²) in [5, 5.41) is 9.12. The van der Waals surface area contributed by atoms with Gasteiger partial charge in [-0.3, -0.25) is 0 Å². The van der Waals surface area contributed by atoms with Gasteiger partial charge in [-0.25, -0.2) is 4.79 Å². The number of alkyl halides is 3. The standard InChI is InChI=1S/C11H14F3NO5S/c12-11(13,14)21(18,19)20-8-2-5-10(6-3-8)4-1-7-15(10)9(16)17/h2H,1,3-7H2,(H,16,17). The third kappa shape index (κ3) is 2.94. The summed E-state index contributed by atoms with van der Waals surface area (Å²) in [6.07, 6.45) is 1.81. The maximum absolute atomic E-state index is 12.2. The third-order valence-electron chi connectivity index (χ3n) is 3.87. The molecular weight excluding hydrogens is 315 g/mol. The van der Waals surface area contributed by atoms with E-state index in [-0.39, 0.29) is 25.0 Å². The molecule has 120 valence electrons. The van der Waals surface area contributed by atoms with Crippen LogP contribution in [0.3, 0.4) is 0 Å². The monoisotopic (exact) mass is 329 g/mol. The van der Waals surface area contributed by atoms with Gasteiger partial charge in [0.25, 0.3) is 0 Å². The van der Waals surface area contributed by atoms with Gasteiger partial charge in [-0.05, 0) is 31.8 Å². The van der Waals surface area contributed by atoms with Crippen LogP contribution in [0.2, 0.25) is 0 Å². The number of carbonyl (C=O) groups is 1. The fourth-order valence-electron chi connectivity index (χ4n) is 2.84. The van der Waals surface area contributed by atoms with E-state index in [0.717, 1.165) is 0 Å². The predicted molar refractivity (Wildman–Crippen MR) is 64.7 cm³/mol. The highest BCUT2D eigenvalue weighted by molar-refractivity contribution is 7.87. The van der Waals surface area contributed by atoms with Crippen molar-refractivity contribution in [3.8, 4) is 0 Å². The molecule has 1 aliphatic carbocycles. The minimum Gasteiger partial charge on any atom is -0.465 e. The lowest BCUT2D eigenvalue weighted by atomic mass is 9.83. The summed E-state index contributed by atoms with van der Waals surface area (Å²) in [6.45, 7) is 0.375. The first kappa shape index (κ1) is 15.9. The van der Waals surface area contributed by atoms with Crippen molar-refractivity contribution in [2.24, 2.45) is 0 Å². The number of carboxylic acid groups (broad SMARTS) is 1. The van der Waals surface area contributed by atoms with E-state index in [4.69, 9.17) is 5.11 Å². The van der Waals surface area contributed by atoms with Gasteiger partial charge in [0, 0.05) is 13.0 Å². The number of rotatable bonds is 2. The molecule has 1 atom stereocenters. The highest BCUT2D eigenvalue weighted by Gasteiger charge is 2.50. The molecule has 1 spiro atoms. The lowest BCUT2D eigenvalue weighted by Gasteiger charge is -2.38. The molecule has 1 N–H and O–H groups in total. The summed E-state index contributed by atoms with van der Waals surface area (Å²) in [4.78, 5) is 12.4. The van der Waals surface area contributed by atoms with Crippen molar-refractivity contribution in [1.82, 2.24) is 4.90 Å². The zero-order valence-corrected chi connectivity index (χ0v) is 11.7. The number of allylic oxidation sites excluding steroid dienone is 1. The molecule has 1 heterocycles. The molecule has 21 heavy (non-hydrogen) atoms. The van der Waals surface area contributed by atoms with Crippen LogP contribution in [0.1, 0.15) is 32.1 Å². The molecule has 0 saturated carbocycles. The van der Waals surface area contributed by atoms with E-state index < -0.39 is 27.3 Å². The smallest absolute Gasteiger partial charge is 0.465 e. The maximum Gasteiger partial charge on any atom is 0.534 e. The first-order chi connectivity index (χ1) is 9.57. The molecule has 2 aliphatic rings. The first-order valence-corrected chi connectivity index (χ1v) is 7.69. The van der Waals surface area contributed by atoms with Gasteiger partial charge < -0.3 is 14.2 Å². The molecule has 6 nitrogen and oxygen atoms in total. The van der Waals surface area contributed by atoms with Gasteiger partial charge in [0.2, 0.25) is 0 Å². The number of nitrogens with zero attached hydrogens (tertiary/aromatic N) is 1. The Hall–Kier alpha value is -1.45. The second kappa shape index (κ2) is 5.08. The Morgan fingerprint density at radius 2 is 2.05 bits per heavy atom. The van der Waals surface area contributed by atoms with E-state index in [2.05, 4.69) is 4.18 Å². The van der Waals surface area contributed by atoms with Crippen molar-refractivity contribution in [2.45, 2.75) is 43.2 Å². The van der Waals surface area contributed by atoms with Crippen molar-refractivity contribution in [1.29, 1.82) is 0 Å². The van der Waals surface area contributed by atoms with Crippen LogP contribution < -0.4 is 0 Å². The lowest BCUT2D eigenvalue weighted by Crippen LogP contribution is -2.47. The summed E-state index contributed by atoms with van der Waals surface area (Å²) in [6, 6.07) is 0. The lowest BCUT2D eigenvalue weighted by molar-refractivity contribution is -0.0525. The topological polar surface area (TPSA) is 83.9 Å². The molecule has 0 aromatic heterocycles. The van der Waals surface area contributed by atoms with Crippen LogP contribution in [0, 0.1) is 0 Å². The van der Waals surface area contributed by atoms with E-state index in [1.807, 2.05) is 0 Å². The van der Waals surface area contributed by atoms with Gasteiger partial charge in [-0.1, -0.05) is 0 Å². The second-order valence-corrected chi connectivity index (χ2v) is 6.66. The third-order valence-corrected chi connectivity index (χ3v) is 4.87. The predicted octanol–water partition coefficient (Wildman–Crippen LogP) is 2.43. The quantitative estimate of drug-likeness (QED) is 0.621. The minimum absolute atomic E-state index is 0.0426. The van der Waals surface area contributed by atoms with E-state index >= 15 is 0 Å². The zero-order valence-electron chi connectivity index (χ0n) is 10.9. The summed E-state index contributed by atoms with van der Waals surface area (Å²) in [7, 11) is -5.66. The van der Waals surface area contributed by atoms with E-state index in [1.165, 1.54) is 11.0 Å². The van der Waals surface area contributed by atoms with Crippen molar-refractivity contribution < 1.29 is 35.7 Å². The van der Waals surface area contributed by atoms with Crippen LogP contribution in [0.25, 0.3) is 0 Å². The number of amides is 1. The van der Waals surface area contributed by atoms with Gasteiger partial charge in [0.05, 0.1) is 5.54 Å². The molecule has 1 amide bonds. The molecule has 0 bridgehead atoms. The summed E-state index contributed by atoms with van der Waals surface area (Å²) in [5.74, 6) is -0.282. The summed E-state index contributed by atoms with van der Waals surface area (Å²) in [5.41, 5.74) is -6.12. The summed E-state index contributed by atoms with van der Waals surface area (Å²) >= 11 is 0. The fraction of sp³-hybridized carbons (Fsp3) is 0.727. The fourth-order valence-corrected chi connectivity index (χ4v) is 3.36. The molecule has 1 aliphatic heterocycles. The molecule has 1 unspecified atom stereocenters. The van der Waals surface area contributed by atoms with Crippen molar-refractivity contribution in [3.63, 3.8) is 0 Å². The number of halogens is 3. The Balaban J connectivity index is 2.11. The van der Waals surface area contributed by atoms with Gasteiger partial charge in [-0.2, -0.15) is 21.6 Å². The Morgan fingerprint density at radius 3 is 2.52 bits per heavy atom. The average Bonchev–Trinajstić information content (AvgIpc) is 2.74. The molecule has 0 aromatic rings. The number of hydrogen-bond acceptors (Lipinski definition) is 4. The molecule has 1 saturated heterocycles. The highest BCUT2D eigenvalue weighted by Crippen LogP contribution is 2.42. The van der Waals surface area contributed by atoms with Gasteiger partial charge in [0.15, 0.2) is 0 Å². The number of likely N-dealkylation sites (tertiary alicyclic amines) is 1. The average molecular weight is 329 g/mol. The Morgan fingerprint density at radius 1 is 1.38 bits per heavy atom. The van der Waals surface area contributed by atoms with Crippen LogP contribution in [-0.2, 0) is 14.3 Å². The van der Waals surface area contributed by atoms with Gasteiger partial charge in [0.1, 0.15) is 5.76 Å². The van der Waals surface area contributed by atoms with Crippen LogP contribution in [0.5, 0.6) is 0 Å². The largest absolute Gasteiger partial charge is 0.534 e. The second-order valence-electron chi connectivity index (χ2n) is 5.12. The number of hydrogen-bond donors (Lipinski definition) is 1. The van der Waals surface area contributed by atoms with Crippen molar-refractivity contribution in [2.75, 3.05) is 6.54 Å². The van der Waals surface area contributed by atoms with Crippen LogP contribution in [-0.4, -0.2) is 42.1 Å². The minimum atomic E-state index is -5.66. The summed E-state index contributed by atoms with van der Waals surface area (Å²) < 4.78 is 62.6. The molecule has 0 aromatic carbocycles. The van der Waals surface area contributed by atoms with E-state index in [0.29, 0.717) is 19.4 Å². The maximum atomic E-state index is 12.2. The normalized spacial score (nSPS) is 26.8. The van der Waals surface area contributed by atoms with Gasteiger partial charge in [-0.15, -0.1) is 0 Å². The molecule has 0 radical (unpaired) electrons. The molecule has 10 heteroatoms. The van der Waals surface area contributed by atoms with Crippen molar-refractivity contribution >= 4 is 16.2 Å². The SMILES string of the molecule is O=C(O)N1CCCC12CC=C(OS(=O)(=O)C(F)(F)F)CC2. The first-order valence-electron chi connectivity index (χ1n) is 6.28.